The molecule has 1 fully saturated rings. The first-order valence-electron chi connectivity index (χ1n) is 11.1. The Hall–Kier alpha value is -2.46. The number of carbonyl (C=O) groups excluding carboxylic acids is 1. The number of hydrogen-bond donors (Lipinski definition) is 0. The molecule has 0 atom stereocenters. The largest absolute Gasteiger partial charge is 0.417 e. The first-order valence-corrected chi connectivity index (χ1v) is 12.5. The summed E-state index contributed by atoms with van der Waals surface area (Å²) < 4.78 is 80.5. The number of alkyl halides is 3. The van der Waals surface area contributed by atoms with Gasteiger partial charge in [-0.2, -0.15) is 17.5 Å². The molecule has 0 spiro atoms. The Balaban J connectivity index is 1.68. The van der Waals surface area contributed by atoms with E-state index in [-0.39, 0.29) is 24.6 Å². The molecule has 0 saturated carbocycles. The summed E-state index contributed by atoms with van der Waals surface area (Å²) in [6, 6.07) is 9.28. The summed E-state index contributed by atoms with van der Waals surface area (Å²) >= 11 is 0. The third-order valence-electron chi connectivity index (χ3n) is 6.55. The van der Waals surface area contributed by atoms with Gasteiger partial charge in [0, 0.05) is 25.3 Å². The highest BCUT2D eigenvalue weighted by Crippen LogP contribution is 2.39. The summed E-state index contributed by atoms with van der Waals surface area (Å²) in [6.45, 7) is 4.55. The number of benzene rings is 2. The van der Waals surface area contributed by atoms with Crippen LogP contribution in [0, 0.1) is 11.2 Å². The Labute approximate surface area is 197 Å². The van der Waals surface area contributed by atoms with Gasteiger partial charge in [0.2, 0.25) is 16.4 Å². The predicted octanol–water partition coefficient (Wildman–Crippen LogP) is 5.25. The second-order valence-electron chi connectivity index (χ2n) is 8.92. The third kappa shape index (κ3) is 5.78. The van der Waals surface area contributed by atoms with E-state index in [0.717, 1.165) is 34.5 Å². The van der Waals surface area contributed by atoms with Crippen LogP contribution in [0.1, 0.15) is 44.2 Å². The molecule has 0 aromatic heterocycles. The molecule has 34 heavy (non-hydrogen) atoms. The minimum atomic E-state index is -5.00. The summed E-state index contributed by atoms with van der Waals surface area (Å²) in [7, 11) is -4.45. The molecular formula is C24H28F4N2O3S. The quantitative estimate of drug-likeness (QED) is 0.368. The number of amides is 1. The van der Waals surface area contributed by atoms with Crippen LogP contribution in [0.4, 0.5) is 23.2 Å². The van der Waals surface area contributed by atoms with E-state index in [2.05, 4.69) is 0 Å². The molecule has 0 unspecified atom stereocenters. The molecule has 0 N–H and O–H groups in total. The van der Waals surface area contributed by atoms with Gasteiger partial charge < -0.3 is 4.90 Å². The van der Waals surface area contributed by atoms with Gasteiger partial charge in [-0.1, -0.05) is 26.0 Å². The van der Waals surface area contributed by atoms with Gasteiger partial charge in [0.1, 0.15) is 5.82 Å². The van der Waals surface area contributed by atoms with Crippen LogP contribution in [-0.4, -0.2) is 38.8 Å². The average molecular weight is 501 g/mol. The van der Waals surface area contributed by atoms with Crippen LogP contribution in [0.15, 0.2) is 47.4 Å². The van der Waals surface area contributed by atoms with Gasteiger partial charge in [-0.25, -0.2) is 12.8 Å². The molecule has 0 radical (unpaired) electrons. The van der Waals surface area contributed by atoms with Crippen molar-refractivity contribution in [3.63, 3.8) is 0 Å². The van der Waals surface area contributed by atoms with E-state index >= 15 is 0 Å². The number of carbonyl (C=O) groups is 1. The number of rotatable bonds is 8. The minimum Gasteiger partial charge on any atom is -0.315 e. The topological polar surface area (TPSA) is 57.7 Å². The fraction of sp³-hybridized carbons (Fsp3) is 0.458. The maximum atomic E-state index is 13.4. The molecule has 1 aliphatic heterocycles. The highest BCUT2D eigenvalue weighted by atomic mass is 32.2. The highest BCUT2D eigenvalue weighted by Gasteiger charge is 2.41. The molecule has 2 aromatic rings. The van der Waals surface area contributed by atoms with Gasteiger partial charge in [0.25, 0.3) is 0 Å². The third-order valence-corrected chi connectivity index (χ3v) is 8.51. The standard InChI is InChI=1S/C24H28F4N2O3S/c1-3-18-4-7-20(8-5-18)29(17-31)13-10-23(2)11-14-30(15-12-23)34(32,33)22-9-6-19(25)16-21(22)24(26,27)28/h4-9,16-17H,3,10-15H2,1-2H3. The Morgan fingerprint density at radius 2 is 1.71 bits per heavy atom. The fourth-order valence-electron chi connectivity index (χ4n) is 4.16. The van der Waals surface area contributed by atoms with Crippen LogP contribution in [0.25, 0.3) is 0 Å². The Kier molecular flexibility index (Phi) is 7.72. The Bertz CT molecular complexity index is 1110. The molecule has 1 heterocycles. The lowest BCUT2D eigenvalue weighted by Crippen LogP contribution is -2.43. The number of piperidine rings is 1. The SMILES string of the molecule is CCc1ccc(N(C=O)CCC2(C)CCN(S(=O)(=O)c3ccc(F)cc3C(F)(F)F)CC2)cc1. The highest BCUT2D eigenvalue weighted by molar-refractivity contribution is 7.89. The predicted molar refractivity (Wildman–Crippen MR) is 121 cm³/mol. The summed E-state index contributed by atoms with van der Waals surface area (Å²) in [5, 5.41) is 0. The van der Waals surface area contributed by atoms with Crippen molar-refractivity contribution in [1.82, 2.24) is 4.31 Å². The maximum absolute atomic E-state index is 13.4. The molecule has 2 aromatic carbocycles. The van der Waals surface area contributed by atoms with Crippen LogP contribution >= 0.6 is 0 Å². The van der Waals surface area contributed by atoms with Crippen LogP contribution in [0.5, 0.6) is 0 Å². The monoisotopic (exact) mass is 500 g/mol. The van der Waals surface area contributed by atoms with Crippen molar-refractivity contribution in [1.29, 1.82) is 0 Å². The van der Waals surface area contributed by atoms with Crippen LogP contribution in [0.2, 0.25) is 0 Å². The second-order valence-corrected chi connectivity index (χ2v) is 10.8. The summed E-state index contributed by atoms with van der Waals surface area (Å²) in [6.07, 6.45) is -1.88. The van der Waals surface area contributed by atoms with E-state index in [1.165, 1.54) is 0 Å². The van der Waals surface area contributed by atoms with Crippen molar-refractivity contribution in [3.05, 3.63) is 59.4 Å². The lowest BCUT2D eigenvalue weighted by molar-refractivity contribution is -0.140. The normalized spacial score (nSPS) is 16.9. The van der Waals surface area contributed by atoms with E-state index in [1.807, 2.05) is 38.1 Å². The zero-order chi connectivity index (χ0) is 25.1. The zero-order valence-corrected chi connectivity index (χ0v) is 19.9. The number of hydrogen-bond acceptors (Lipinski definition) is 3. The zero-order valence-electron chi connectivity index (χ0n) is 19.1. The van der Waals surface area contributed by atoms with Gasteiger partial charge in [0.15, 0.2) is 0 Å². The average Bonchev–Trinajstić information content (AvgIpc) is 2.79. The molecular weight excluding hydrogens is 472 g/mol. The molecule has 0 aliphatic carbocycles. The van der Waals surface area contributed by atoms with Crippen molar-refractivity contribution in [2.75, 3.05) is 24.5 Å². The van der Waals surface area contributed by atoms with Gasteiger partial charge >= 0.3 is 6.18 Å². The van der Waals surface area contributed by atoms with Crippen molar-refractivity contribution in [3.8, 4) is 0 Å². The molecule has 186 valence electrons. The number of sulfonamides is 1. The number of aryl methyl sites for hydroxylation is 1. The minimum absolute atomic E-state index is 0.0415. The maximum Gasteiger partial charge on any atom is 0.417 e. The van der Waals surface area contributed by atoms with Gasteiger partial charge in [0.05, 0.1) is 10.5 Å². The molecule has 3 rings (SSSR count). The van der Waals surface area contributed by atoms with E-state index < -0.39 is 32.5 Å². The van der Waals surface area contributed by atoms with Crippen molar-refractivity contribution >= 4 is 22.1 Å². The van der Waals surface area contributed by atoms with Crippen molar-refractivity contribution < 1.29 is 30.8 Å². The molecule has 5 nitrogen and oxygen atoms in total. The van der Waals surface area contributed by atoms with Crippen LogP contribution < -0.4 is 4.90 Å². The van der Waals surface area contributed by atoms with E-state index in [4.69, 9.17) is 0 Å². The number of nitrogens with zero attached hydrogens (tertiary/aromatic N) is 2. The lowest BCUT2D eigenvalue weighted by atomic mass is 9.78. The number of anilines is 1. The second kappa shape index (κ2) is 10.0. The van der Waals surface area contributed by atoms with Crippen molar-refractivity contribution in [2.45, 2.75) is 50.6 Å². The summed E-state index contributed by atoms with van der Waals surface area (Å²) in [4.78, 5) is 12.3. The molecule has 10 heteroatoms. The van der Waals surface area contributed by atoms with Crippen molar-refractivity contribution in [2.24, 2.45) is 5.41 Å². The van der Waals surface area contributed by atoms with Gasteiger partial charge in [-0.15, -0.1) is 0 Å². The van der Waals surface area contributed by atoms with Gasteiger partial charge in [-0.05, 0) is 67.0 Å². The van der Waals surface area contributed by atoms with Gasteiger partial charge in [-0.3, -0.25) is 4.79 Å². The van der Waals surface area contributed by atoms with E-state index in [9.17, 15) is 30.8 Å². The summed E-state index contributed by atoms with van der Waals surface area (Å²) in [5.74, 6) is -1.15. The van der Waals surface area contributed by atoms with E-state index in [0.29, 0.717) is 31.9 Å². The molecule has 1 amide bonds. The van der Waals surface area contributed by atoms with E-state index in [1.54, 1.807) is 4.90 Å². The smallest absolute Gasteiger partial charge is 0.315 e. The van der Waals surface area contributed by atoms with Crippen LogP contribution in [-0.2, 0) is 27.4 Å². The molecule has 1 aliphatic rings. The first-order chi connectivity index (χ1) is 15.9. The Morgan fingerprint density at radius 3 is 2.24 bits per heavy atom. The molecule has 0 bridgehead atoms. The number of halogens is 4. The fourth-order valence-corrected chi connectivity index (χ4v) is 5.79. The summed E-state index contributed by atoms with van der Waals surface area (Å²) in [5.41, 5.74) is 0.139. The van der Waals surface area contributed by atoms with Crippen LogP contribution in [0.3, 0.4) is 0 Å². The molecule has 1 saturated heterocycles. The lowest BCUT2D eigenvalue weighted by Gasteiger charge is -2.39. The first kappa shape index (κ1) is 26.2. The Morgan fingerprint density at radius 1 is 1.09 bits per heavy atom.